The van der Waals surface area contributed by atoms with Gasteiger partial charge in [0.05, 0.1) is 6.54 Å². The fourth-order valence-corrected chi connectivity index (χ4v) is 2.89. The number of hydrogen-bond acceptors (Lipinski definition) is 5. The number of carbonyl (C=O) groups is 1. The Kier molecular flexibility index (Phi) is 6.06. The van der Waals surface area contributed by atoms with Gasteiger partial charge in [0.1, 0.15) is 12.4 Å². The van der Waals surface area contributed by atoms with Crippen LogP contribution in [0.5, 0.6) is 5.75 Å². The lowest BCUT2D eigenvalue weighted by molar-refractivity contribution is 0.0947. The van der Waals surface area contributed by atoms with Crippen molar-refractivity contribution in [2.24, 2.45) is 0 Å². The standard InChI is InChI=1S/C23H18ClN3O3/c24-19-10-12-20(13-11-19)29-15-14-25-21(28)16-6-8-18(9-7-16)23-27-26-22(30-23)17-4-2-1-3-5-17/h1-13H,14-15H2,(H,25,28). The minimum Gasteiger partial charge on any atom is -0.492 e. The second kappa shape index (κ2) is 9.24. The second-order valence-corrected chi connectivity index (χ2v) is 6.85. The molecule has 30 heavy (non-hydrogen) atoms. The molecule has 4 rings (SSSR count). The third-order valence-electron chi connectivity index (χ3n) is 4.31. The Labute approximate surface area is 178 Å². The molecule has 0 spiro atoms. The van der Waals surface area contributed by atoms with E-state index >= 15 is 0 Å². The molecule has 3 aromatic carbocycles. The summed E-state index contributed by atoms with van der Waals surface area (Å²) in [6.45, 7) is 0.739. The Morgan fingerprint density at radius 2 is 1.50 bits per heavy atom. The lowest BCUT2D eigenvalue weighted by Gasteiger charge is -2.08. The van der Waals surface area contributed by atoms with Crippen LogP contribution in [0.4, 0.5) is 0 Å². The van der Waals surface area contributed by atoms with E-state index in [0.29, 0.717) is 41.3 Å². The number of nitrogens with zero attached hydrogens (tertiary/aromatic N) is 2. The maximum Gasteiger partial charge on any atom is 0.251 e. The monoisotopic (exact) mass is 419 g/mol. The molecule has 7 heteroatoms. The predicted octanol–water partition coefficient (Wildman–Crippen LogP) is 4.87. The maximum atomic E-state index is 12.3. The fourth-order valence-electron chi connectivity index (χ4n) is 2.77. The molecule has 4 aromatic rings. The molecule has 1 aromatic heterocycles. The Morgan fingerprint density at radius 1 is 0.867 bits per heavy atom. The van der Waals surface area contributed by atoms with Crippen molar-refractivity contribution >= 4 is 17.5 Å². The highest BCUT2D eigenvalue weighted by molar-refractivity contribution is 6.30. The van der Waals surface area contributed by atoms with Crippen LogP contribution in [-0.2, 0) is 0 Å². The number of benzene rings is 3. The van der Waals surface area contributed by atoms with E-state index in [-0.39, 0.29) is 5.91 Å². The summed E-state index contributed by atoms with van der Waals surface area (Å²) >= 11 is 5.84. The van der Waals surface area contributed by atoms with Gasteiger partial charge in [-0.3, -0.25) is 4.79 Å². The molecule has 0 aliphatic rings. The molecule has 0 aliphatic carbocycles. The summed E-state index contributed by atoms with van der Waals surface area (Å²) in [6, 6.07) is 23.6. The Morgan fingerprint density at radius 3 is 2.17 bits per heavy atom. The SMILES string of the molecule is O=C(NCCOc1ccc(Cl)cc1)c1ccc(-c2nnc(-c3ccccc3)o2)cc1. The van der Waals surface area contributed by atoms with Gasteiger partial charge in [-0.15, -0.1) is 10.2 Å². The zero-order valence-corrected chi connectivity index (χ0v) is 16.7. The van der Waals surface area contributed by atoms with Crippen LogP contribution in [0, 0.1) is 0 Å². The van der Waals surface area contributed by atoms with Gasteiger partial charge >= 0.3 is 0 Å². The van der Waals surface area contributed by atoms with E-state index < -0.39 is 0 Å². The number of aromatic nitrogens is 2. The number of halogens is 1. The van der Waals surface area contributed by atoms with E-state index in [1.807, 2.05) is 30.3 Å². The minimum absolute atomic E-state index is 0.184. The molecule has 6 nitrogen and oxygen atoms in total. The fraction of sp³-hybridized carbons (Fsp3) is 0.0870. The van der Waals surface area contributed by atoms with Crippen LogP contribution in [0.1, 0.15) is 10.4 Å². The summed E-state index contributed by atoms with van der Waals surface area (Å²) < 4.78 is 11.3. The topological polar surface area (TPSA) is 77.2 Å². The van der Waals surface area contributed by atoms with Crippen molar-refractivity contribution in [3.8, 4) is 28.7 Å². The highest BCUT2D eigenvalue weighted by Crippen LogP contribution is 2.24. The van der Waals surface area contributed by atoms with Gasteiger partial charge in [0.15, 0.2) is 0 Å². The molecular weight excluding hydrogens is 402 g/mol. The second-order valence-electron chi connectivity index (χ2n) is 6.41. The molecule has 1 N–H and O–H groups in total. The van der Waals surface area contributed by atoms with Crippen LogP contribution in [0.3, 0.4) is 0 Å². The van der Waals surface area contributed by atoms with E-state index in [9.17, 15) is 4.79 Å². The van der Waals surface area contributed by atoms with Gasteiger partial charge in [-0.05, 0) is 60.7 Å². The summed E-state index contributed by atoms with van der Waals surface area (Å²) in [4.78, 5) is 12.3. The molecule has 0 bridgehead atoms. The average Bonchev–Trinajstić information content (AvgIpc) is 3.29. The predicted molar refractivity (Wildman–Crippen MR) is 114 cm³/mol. The normalized spacial score (nSPS) is 10.6. The molecule has 0 fully saturated rings. The highest BCUT2D eigenvalue weighted by Gasteiger charge is 2.11. The third kappa shape index (κ3) is 4.85. The van der Waals surface area contributed by atoms with Crippen molar-refractivity contribution in [3.63, 3.8) is 0 Å². The minimum atomic E-state index is -0.184. The Hall–Kier alpha value is -3.64. The number of ether oxygens (including phenoxy) is 1. The van der Waals surface area contributed by atoms with Crippen molar-refractivity contribution < 1.29 is 13.9 Å². The van der Waals surface area contributed by atoms with Crippen molar-refractivity contribution in [2.45, 2.75) is 0 Å². The lowest BCUT2D eigenvalue weighted by Crippen LogP contribution is -2.28. The van der Waals surface area contributed by atoms with Crippen molar-refractivity contribution in [3.05, 3.63) is 89.4 Å². The van der Waals surface area contributed by atoms with Crippen LogP contribution in [0.25, 0.3) is 22.9 Å². The zero-order valence-electron chi connectivity index (χ0n) is 15.9. The number of amides is 1. The van der Waals surface area contributed by atoms with Crippen LogP contribution in [0.15, 0.2) is 83.3 Å². The van der Waals surface area contributed by atoms with Crippen LogP contribution in [0.2, 0.25) is 5.02 Å². The van der Waals surface area contributed by atoms with Gasteiger partial charge in [0.2, 0.25) is 11.8 Å². The largest absolute Gasteiger partial charge is 0.492 e. The summed E-state index contributed by atoms with van der Waals surface area (Å²) in [6.07, 6.45) is 0. The van der Waals surface area contributed by atoms with Crippen LogP contribution < -0.4 is 10.1 Å². The molecule has 0 radical (unpaired) electrons. The van der Waals surface area contributed by atoms with Gasteiger partial charge in [-0.2, -0.15) is 0 Å². The van der Waals surface area contributed by atoms with Crippen molar-refractivity contribution in [1.29, 1.82) is 0 Å². The molecule has 150 valence electrons. The highest BCUT2D eigenvalue weighted by atomic mass is 35.5. The third-order valence-corrected chi connectivity index (χ3v) is 4.56. The quantitative estimate of drug-likeness (QED) is 0.432. The van der Waals surface area contributed by atoms with Gasteiger partial charge < -0.3 is 14.5 Å². The summed E-state index contributed by atoms with van der Waals surface area (Å²) in [5, 5.41) is 11.6. The number of hydrogen-bond donors (Lipinski definition) is 1. The summed E-state index contributed by atoms with van der Waals surface area (Å²) in [5.41, 5.74) is 2.13. The Bertz CT molecular complexity index is 1110. The van der Waals surface area contributed by atoms with Crippen molar-refractivity contribution in [1.82, 2.24) is 15.5 Å². The smallest absolute Gasteiger partial charge is 0.251 e. The zero-order chi connectivity index (χ0) is 20.8. The lowest BCUT2D eigenvalue weighted by atomic mass is 10.1. The molecular formula is C23H18ClN3O3. The Balaban J connectivity index is 1.31. The molecule has 0 atom stereocenters. The van der Waals surface area contributed by atoms with E-state index in [1.54, 1.807) is 48.5 Å². The maximum absolute atomic E-state index is 12.3. The number of carbonyl (C=O) groups excluding carboxylic acids is 1. The van der Waals surface area contributed by atoms with Crippen molar-refractivity contribution in [2.75, 3.05) is 13.2 Å². The molecule has 1 heterocycles. The van der Waals surface area contributed by atoms with E-state index in [1.165, 1.54) is 0 Å². The van der Waals surface area contributed by atoms with E-state index in [4.69, 9.17) is 20.8 Å². The molecule has 0 saturated heterocycles. The van der Waals surface area contributed by atoms with E-state index in [2.05, 4.69) is 15.5 Å². The van der Waals surface area contributed by atoms with E-state index in [0.717, 1.165) is 11.1 Å². The average molecular weight is 420 g/mol. The van der Waals surface area contributed by atoms with Gasteiger partial charge in [0.25, 0.3) is 5.91 Å². The molecule has 0 saturated carbocycles. The van der Waals surface area contributed by atoms with Gasteiger partial charge in [0, 0.05) is 21.7 Å². The molecule has 0 aliphatic heterocycles. The first-order valence-corrected chi connectivity index (χ1v) is 9.73. The molecule has 0 unspecified atom stereocenters. The first-order chi connectivity index (χ1) is 14.7. The van der Waals surface area contributed by atoms with Crippen LogP contribution in [-0.4, -0.2) is 29.3 Å². The first-order valence-electron chi connectivity index (χ1n) is 9.35. The number of nitrogens with one attached hydrogen (secondary N) is 1. The first kappa shape index (κ1) is 19.7. The molecule has 1 amide bonds. The summed E-state index contributed by atoms with van der Waals surface area (Å²) in [7, 11) is 0. The number of rotatable bonds is 7. The van der Waals surface area contributed by atoms with Gasteiger partial charge in [-0.1, -0.05) is 29.8 Å². The van der Waals surface area contributed by atoms with Crippen LogP contribution >= 0.6 is 11.6 Å². The van der Waals surface area contributed by atoms with Gasteiger partial charge in [-0.25, -0.2) is 0 Å². The summed E-state index contributed by atoms with van der Waals surface area (Å²) in [5.74, 6) is 1.37.